The molecule has 0 radical (unpaired) electrons. The summed E-state index contributed by atoms with van der Waals surface area (Å²) in [4.78, 5) is 28.9. The Balaban J connectivity index is 1.37. The first-order valence-corrected chi connectivity index (χ1v) is 10.3. The van der Waals surface area contributed by atoms with Gasteiger partial charge in [-0.1, -0.05) is 24.3 Å². The number of amides is 1. The zero-order valence-electron chi connectivity index (χ0n) is 15.8. The van der Waals surface area contributed by atoms with Crippen molar-refractivity contribution in [3.8, 4) is 0 Å². The molecule has 0 aliphatic carbocycles. The molecular formula is C21H23N5OS. The van der Waals surface area contributed by atoms with Gasteiger partial charge < -0.3 is 10.2 Å². The number of hydrogen-bond donors (Lipinski definition) is 1. The summed E-state index contributed by atoms with van der Waals surface area (Å²) in [5.41, 5.74) is 2.56. The van der Waals surface area contributed by atoms with Crippen molar-refractivity contribution in [1.29, 1.82) is 0 Å². The number of rotatable bonds is 5. The molecule has 1 amide bonds. The van der Waals surface area contributed by atoms with Gasteiger partial charge in [-0.15, -0.1) is 11.3 Å². The van der Waals surface area contributed by atoms with Gasteiger partial charge in [-0.2, -0.15) is 0 Å². The van der Waals surface area contributed by atoms with E-state index in [9.17, 15) is 4.79 Å². The molecule has 3 heterocycles. The second-order valence-corrected chi connectivity index (χ2v) is 8.19. The van der Waals surface area contributed by atoms with Crippen LogP contribution in [0.15, 0.2) is 49.1 Å². The zero-order chi connectivity index (χ0) is 19.3. The van der Waals surface area contributed by atoms with E-state index in [0.29, 0.717) is 11.7 Å². The first-order chi connectivity index (χ1) is 13.7. The topological polar surface area (TPSA) is 71.0 Å². The number of hydrogen-bond acceptors (Lipinski definition) is 6. The minimum Gasteiger partial charge on any atom is -0.355 e. The number of nitrogens with one attached hydrogen (secondary N) is 1. The molecule has 0 bridgehead atoms. The highest BCUT2D eigenvalue weighted by Gasteiger charge is 2.27. The van der Waals surface area contributed by atoms with Gasteiger partial charge in [-0.05, 0) is 30.9 Å². The Labute approximate surface area is 168 Å². The van der Waals surface area contributed by atoms with E-state index in [1.165, 1.54) is 11.1 Å². The number of piperidine rings is 1. The van der Waals surface area contributed by atoms with Crippen LogP contribution < -0.4 is 10.2 Å². The van der Waals surface area contributed by atoms with Gasteiger partial charge in [0, 0.05) is 43.0 Å². The van der Waals surface area contributed by atoms with Crippen LogP contribution >= 0.6 is 11.3 Å². The molecule has 28 heavy (non-hydrogen) atoms. The third kappa shape index (κ3) is 4.36. The van der Waals surface area contributed by atoms with E-state index in [0.717, 1.165) is 36.5 Å². The Bertz CT molecular complexity index is 943. The molecule has 0 saturated carbocycles. The van der Waals surface area contributed by atoms with Gasteiger partial charge in [-0.25, -0.2) is 9.97 Å². The lowest BCUT2D eigenvalue weighted by molar-refractivity contribution is -0.120. The van der Waals surface area contributed by atoms with E-state index in [1.54, 1.807) is 29.9 Å². The van der Waals surface area contributed by atoms with Gasteiger partial charge in [0.15, 0.2) is 5.13 Å². The van der Waals surface area contributed by atoms with Crippen LogP contribution in [0.25, 0.3) is 0 Å². The molecule has 0 spiro atoms. The maximum atomic E-state index is 12.8. The van der Waals surface area contributed by atoms with Gasteiger partial charge in [0.2, 0.25) is 5.91 Å². The van der Waals surface area contributed by atoms with Crippen molar-refractivity contribution < 1.29 is 4.79 Å². The Morgan fingerprint density at radius 2 is 2.14 bits per heavy atom. The minimum atomic E-state index is -0.0699. The van der Waals surface area contributed by atoms with Gasteiger partial charge in [0.1, 0.15) is 5.82 Å². The molecule has 7 heteroatoms. The van der Waals surface area contributed by atoms with Crippen LogP contribution in [-0.2, 0) is 11.2 Å². The van der Waals surface area contributed by atoms with Gasteiger partial charge >= 0.3 is 0 Å². The Hall–Kier alpha value is -2.80. The summed E-state index contributed by atoms with van der Waals surface area (Å²) in [5.74, 6) is 0.791. The number of aromatic nitrogens is 3. The quantitative estimate of drug-likeness (QED) is 0.716. The van der Waals surface area contributed by atoms with Gasteiger partial charge in [0.25, 0.3) is 0 Å². The van der Waals surface area contributed by atoms with Crippen molar-refractivity contribution in [3.05, 3.63) is 65.1 Å². The second-order valence-electron chi connectivity index (χ2n) is 7.07. The highest BCUT2D eigenvalue weighted by atomic mass is 32.1. The lowest BCUT2D eigenvalue weighted by Gasteiger charge is -2.32. The standard InChI is InChI=1S/C21H23N5OS/c1-15-5-2-3-6-16(15)11-18-12-24-21(28-18)25-20(27)17-7-4-10-26(14-17)19-13-22-8-9-23-19/h2-3,5-6,8-9,12-13,17H,4,7,10-11,14H2,1H3,(H,24,25,27)/t17-/m0/s1. The predicted molar refractivity (Wildman–Crippen MR) is 112 cm³/mol. The smallest absolute Gasteiger partial charge is 0.231 e. The Kier molecular flexibility index (Phi) is 5.62. The molecule has 1 aliphatic rings. The first-order valence-electron chi connectivity index (χ1n) is 9.50. The van der Waals surface area contributed by atoms with E-state index in [-0.39, 0.29) is 11.8 Å². The maximum absolute atomic E-state index is 12.8. The van der Waals surface area contributed by atoms with E-state index in [4.69, 9.17) is 0 Å². The van der Waals surface area contributed by atoms with Crippen LogP contribution in [0.4, 0.5) is 10.9 Å². The summed E-state index contributed by atoms with van der Waals surface area (Å²) in [6, 6.07) is 8.35. The molecule has 1 fully saturated rings. The molecule has 1 atom stereocenters. The Morgan fingerprint density at radius 1 is 1.25 bits per heavy atom. The second kappa shape index (κ2) is 8.48. The molecule has 1 saturated heterocycles. The summed E-state index contributed by atoms with van der Waals surface area (Å²) < 4.78 is 0. The third-order valence-electron chi connectivity index (χ3n) is 5.08. The molecule has 0 unspecified atom stereocenters. The molecule has 1 N–H and O–H groups in total. The fraction of sp³-hybridized carbons (Fsp3) is 0.333. The van der Waals surface area contributed by atoms with Crippen molar-refractivity contribution in [1.82, 2.24) is 15.0 Å². The number of anilines is 2. The number of nitrogens with zero attached hydrogens (tertiary/aromatic N) is 4. The largest absolute Gasteiger partial charge is 0.355 e. The van der Waals surface area contributed by atoms with Gasteiger partial charge in [-0.3, -0.25) is 9.78 Å². The van der Waals surface area contributed by atoms with E-state index in [1.807, 2.05) is 12.3 Å². The number of thiazole rings is 1. The third-order valence-corrected chi connectivity index (χ3v) is 5.99. The summed E-state index contributed by atoms with van der Waals surface area (Å²) in [7, 11) is 0. The van der Waals surface area contributed by atoms with Crippen molar-refractivity contribution in [2.45, 2.75) is 26.2 Å². The van der Waals surface area contributed by atoms with Crippen LogP contribution in [-0.4, -0.2) is 33.9 Å². The van der Waals surface area contributed by atoms with Crippen LogP contribution in [0.1, 0.15) is 28.8 Å². The summed E-state index contributed by atoms with van der Waals surface area (Å²) in [6.07, 6.45) is 9.64. The average molecular weight is 394 g/mol. The summed E-state index contributed by atoms with van der Waals surface area (Å²) in [5, 5.41) is 3.68. The number of aryl methyl sites for hydroxylation is 1. The number of carbonyl (C=O) groups is 1. The van der Waals surface area contributed by atoms with Crippen LogP contribution in [0, 0.1) is 12.8 Å². The molecule has 2 aromatic heterocycles. The molecule has 6 nitrogen and oxygen atoms in total. The highest BCUT2D eigenvalue weighted by Crippen LogP contribution is 2.25. The highest BCUT2D eigenvalue weighted by molar-refractivity contribution is 7.15. The maximum Gasteiger partial charge on any atom is 0.231 e. The molecule has 1 aromatic carbocycles. The number of benzene rings is 1. The molecular weight excluding hydrogens is 370 g/mol. The van der Waals surface area contributed by atoms with Crippen molar-refractivity contribution in [2.24, 2.45) is 5.92 Å². The number of carbonyl (C=O) groups excluding carboxylic acids is 1. The van der Waals surface area contributed by atoms with Crippen molar-refractivity contribution >= 4 is 28.2 Å². The average Bonchev–Trinajstić information content (AvgIpc) is 3.17. The van der Waals surface area contributed by atoms with Gasteiger partial charge in [0.05, 0.1) is 12.1 Å². The van der Waals surface area contributed by atoms with Crippen LogP contribution in [0.3, 0.4) is 0 Å². The van der Waals surface area contributed by atoms with E-state index >= 15 is 0 Å². The van der Waals surface area contributed by atoms with E-state index < -0.39 is 0 Å². The fourth-order valence-corrected chi connectivity index (χ4v) is 4.34. The van der Waals surface area contributed by atoms with E-state index in [2.05, 4.69) is 50.3 Å². The predicted octanol–water partition coefficient (Wildman–Crippen LogP) is 3.69. The molecule has 1 aliphatic heterocycles. The normalized spacial score (nSPS) is 16.8. The Morgan fingerprint density at radius 3 is 2.96 bits per heavy atom. The van der Waals surface area contributed by atoms with Crippen molar-refractivity contribution in [3.63, 3.8) is 0 Å². The lowest BCUT2D eigenvalue weighted by atomic mass is 9.97. The van der Waals surface area contributed by atoms with Crippen LogP contribution in [0.5, 0.6) is 0 Å². The molecule has 3 aromatic rings. The fourth-order valence-electron chi connectivity index (χ4n) is 3.50. The van der Waals surface area contributed by atoms with Crippen molar-refractivity contribution in [2.75, 3.05) is 23.3 Å². The first kappa shape index (κ1) is 18.6. The van der Waals surface area contributed by atoms with Crippen LogP contribution in [0.2, 0.25) is 0 Å². The minimum absolute atomic E-state index is 0.0328. The lowest BCUT2D eigenvalue weighted by Crippen LogP contribution is -2.41. The summed E-state index contributed by atoms with van der Waals surface area (Å²) >= 11 is 1.55. The summed E-state index contributed by atoms with van der Waals surface area (Å²) in [6.45, 7) is 3.68. The molecule has 4 rings (SSSR count). The SMILES string of the molecule is Cc1ccccc1Cc1cnc(NC(=O)[C@H]2CCCN(c3cnccn3)C2)s1. The monoisotopic (exact) mass is 393 g/mol. The molecule has 144 valence electrons. The zero-order valence-corrected chi connectivity index (χ0v) is 16.7.